The van der Waals surface area contributed by atoms with Crippen molar-refractivity contribution in [1.82, 2.24) is 4.90 Å². The molecule has 0 saturated carbocycles. The van der Waals surface area contributed by atoms with Gasteiger partial charge < -0.3 is 15.5 Å². The van der Waals surface area contributed by atoms with Gasteiger partial charge in [-0.05, 0) is 21.1 Å². The van der Waals surface area contributed by atoms with Crippen LogP contribution in [0.25, 0.3) is 0 Å². The Bertz CT molecular complexity index is 14.4. The van der Waals surface area contributed by atoms with Gasteiger partial charge in [0, 0.05) is 7.11 Å². The van der Waals surface area contributed by atoms with Crippen LogP contribution >= 0.6 is 0 Å². The molecule has 0 saturated heterocycles. The van der Waals surface area contributed by atoms with Gasteiger partial charge in [0.25, 0.3) is 0 Å². The summed E-state index contributed by atoms with van der Waals surface area (Å²) in [6.45, 7) is 0. The average Bonchev–Trinajstić information content (AvgIpc) is 1.41. The van der Waals surface area contributed by atoms with E-state index in [2.05, 4.69) is 0 Å². The van der Waals surface area contributed by atoms with Crippen LogP contribution < -0.4 is 0 Å². The van der Waals surface area contributed by atoms with Gasteiger partial charge in [-0.15, -0.1) is 0 Å². The van der Waals surface area contributed by atoms with E-state index in [1.165, 1.54) is 0 Å². The molecule has 0 bridgehead atoms. The number of hydrogen-bond acceptors (Lipinski definition) is 2. The molecule has 0 aliphatic heterocycles. The van der Waals surface area contributed by atoms with Crippen molar-refractivity contribution in [1.29, 1.82) is 0 Å². The van der Waals surface area contributed by atoms with Gasteiger partial charge in [-0.1, -0.05) is 0 Å². The van der Waals surface area contributed by atoms with E-state index in [-0.39, 0.29) is 5.48 Å². The lowest BCUT2D eigenvalue weighted by molar-refractivity contribution is 0.399. The SMILES string of the molecule is CN(C)C.CO.O. The molecular weight excluding hydrogens is 94.0 g/mol. The summed E-state index contributed by atoms with van der Waals surface area (Å²) in [6, 6.07) is 0. The number of nitrogens with zero attached hydrogens (tertiary/aromatic N) is 1. The zero-order valence-electron chi connectivity index (χ0n) is 5.39. The van der Waals surface area contributed by atoms with E-state index in [1.54, 1.807) is 0 Å². The Morgan fingerprint density at radius 1 is 1.00 bits per heavy atom. The topological polar surface area (TPSA) is 55.0 Å². The van der Waals surface area contributed by atoms with Gasteiger partial charge in [0.15, 0.2) is 0 Å². The fraction of sp³-hybridized carbons (Fsp3) is 1.00. The second kappa shape index (κ2) is 16.9. The minimum Gasteiger partial charge on any atom is -0.412 e. The lowest BCUT2D eigenvalue weighted by atomic mass is 11.0. The molecule has 0 rings (SSSR count). The van der Waals surface area contributed by atoms with Crippen molar-refractivity contribution in [2.75, 3.05) is 28.3 Å². The van der Waals surface area contributed by atoms with Gasteiger partial charge in [0.1, 0.15) is 0 Å². The van der Waals surface area contributed by atoms with Gasteiger partial charge in [0.05, 0.1) is 0 Å². The van der Waals surface area contributed by atoms with Crippen LogP contribution in [0.15, 0.2) is 0 Å². The zero-order valence-corrected chi connectivity index (χ0v) is 5.39. The quantitative estimate of drug-likeness (QED) is 0.432. The Morgan fingerprint density at radius 2 is 1.00 bits per heavy atom. The van der Waals surface area contributed by atoms with Crippen molar-refractivity contribution in [3.63, 3.8) is 0 Å². The van der Waals surface area contributed by atoms with E-state index < -0.39 is 0 Å². The second-order valence-electron chi connectivity index (χ2n) is 1.34. The monoisotopic (exact) mass is 109 g/mol. The molecule has 0 aliphatic rings. The normalized spacial score (nSPS) is 6.00. The predicted molar refractivity (Wildman–Crippen MR) is 31.4 cm³/mol. The number of rotatable bonds is 0. The molecule has 0 unspecified atom stereocenters. The Balaban J connectivity index is -0.0000000480. The first-order chi connectivity index (χ1) is 2.73. The maximum Gasteiger partial charge on any atom is 0.0319 e. The smallest absolute Gasteiger partial charge is 0.0319 e. The van der Waals surface area contributed by atoms with Crippen LogP contribution in [0.2, 0.25) is 0 Å². The molecule has 0 aliphatic carbocycles. The van der Waals surface area contributed by atoms with E-state index in [1.807, 2.05) is 26.0 Å². The van der Waals surface area contributed by atoms with E-state index in [0.29, 0.717) is 0 Å². The van der Waals surface area contributed by atoms with Gasteiger partial charge in [-0.2, -0.15) is 0 Å². The summed E-state index contributed by atoms with van der Waals surface area (Å²) in [7, 11) is 7.00. The molecule has 48 valence electrons. The van der Waals surface area contributed by atoms with Gasteiger partial charge >= 0.3 is 0 Å². The van der Waals surface area contributed by atoms with Gasteiger partial charge in [-0.3, -0.25) is 0 Å². The molecule has 0 spiro atoms. The molecule has 3 nitrogen and oxygen atoms in total. The van der Waals surface area contributed by atoms with Crippen LogP contribution in [0.1, 0.15) is 0 Å². The largest absolute Gasteiger partial charge is 0.412 e. The Kier molecular flexibility index (Phi) is 38.1. The molecule has 0 radical (unpaired) electrons. The summed E-state index contributed by atoms with van der Waals surface area (Å²) in [6.07, 6.45) is 0. The second-order valence-corrected chi connectivity index (χ2v) is 1.34. The van der Waals surface area contributed by atoms with Crippen LogP contribution in [0.5, 0.6) is 0 Å². The van der Waals surface area contributed by atoms with Crippen LogP contribution in [0.3, 0.4) is 0 Å². The first kappa shape index (κ1) is 15.8. The highest BCUT2D eigenvalue weighted by atomic mass is 16.2. The molecule has 0 heterocycles. The third kappa shape index (κ3) is 6150. The molecule has 0 amide bonds. The highest BCUT2D eigenvalue weighted by molar-refractivity contribution is 4.09. The van der Waals surface area contributed by atoms with Crippen molar-refractivity contribution in [2.45, 2.75) is 0 Å². The summed E-state index contributed by atoms with van der Waals surface area (Å²) >= 11 is 0. The first-order valence-corrected chi connectivity index (χ1v) is 1.79. The van der Waals surface area contributed by atoms with Gasteiger partial charge in [0.2, 0.25) is 0 Å². The number of aliphatic hydroxyl groups excluding tert-OH is 1. The molecule has 0 fully saturated rings. The highest BCUT2D eigenvalue weighted by Gasteiger charge is 1.58. The van der Waals surface area contributed by atoms with Crippen LogP contribution in [-0.4, -0.2) is 43.7 Å². The zero-order chi connectivity index (χ0) is 5.58. The Hall–Kier alpha value is -0.120. The van der Waals surface area contributed by atoms with Crippen molar-refractivity contribution >= 4 is 0 Å². The van der Waals surface area contributed by atoms with E-state index in [9.17, 15) is 0 Å². The Morgan fingerprint density at radius 3 is 1.00 bits per heavy atom. The summed E-state index contributed by atoms with van der Waals surface area (Å²) in [5.41, 5.74) is 0. The summed E-state index contributed by atoms with van der Waals surface area (Å²) < 4.78 is 0. The van der Waals surface area contributed by atoms with E-state index >= 15 is 0 Å². The van der Waals surface area contributed by atoms with Crippen LogP contribution in [0.4, 0.5) is 0 Å². The lowest BCUT2D eigenvalue weighted by Crippen LogP contribution is -1.99. The fourth-order valence-corrected chi connectivity index (χ4v) is 0. The van der Waals surface area contributed by atoms with Gasteiger partial charge in [-0.25, -0.2) is 0 Å². The third-order valence-electron chi connectivity index (χ3n) is 0. The third-order valence-corrected chi connectivity index (χ3v) is 0. The van der Waals surface area contributed by atoms with E-state index in [4.69, 9.17) is 5.11 Å². The molecule has 0 aromatic heterocycles. The van der Waals surface area contributed by atoms with E-state index in [0.717, 1.165) is 7.11 Å². The molecule has 0 aromatic carbocycles. The lowest BCUT2D eigenvalue weighted by Gasteiger charge is -1.90. The fourth-order valence-electron chi connectivity index (χ4n) is 0. The molecule has 0 atom stereocenters. The molecule has 7 heavy (non-hydrogen) atoms. The van der Waals surface area contributed by atoms with Crippen molar-refractivity contribution in [3.8, 4) is 0 Å². The predicted octanol–water partition coefficient (Wildman–Crippen LogP) is -1.04. The highest BCUT2D eigenvalue weighted by Crippen LogP contribution is 1.47. The minimum atomic E-state index is 0. The average molecular weight is 109 g/mol. The first-order valence-electron chi connectivity index (χ1n) is 1.79. The number of hydrogen-bond donors (Lipinski definition) is 1. The maximum absolute atomic E-state index is 7.00. The molecular formula is C4H15NO2. The standard InChI is InChI=1S/C3H9N.CH4O.H2O/c1-4(2)3;1-2;/h1-3H3;2H,1H3;1H2. The number of aliphatic hydroxyl groups is 1. The molecule has 3 heteroatoms. The van der Waals surface area contributed by atoms with Crippen LogP contribution in [-0.2, 0) is 0 Å². The van der Waals surface area contributed by atoms with Crippen molar-refractivity contribution < 1.29 is 10.6 Å². The minimum absolute atomic E-state index is 0. The Labute approximate surface area is 44.9 Å². The van der Waals surface area contributed by atoms with Crippen LogP contribution in [0, 0.1) is 0 Å². The van der Waals surface area contributed by atoms with Crippen molar-refractivity contribution in [2.24, 2.45) is 0 Å². The summed E-state index contributed by atoms with van der Waals surface area (Å²) in [5, 5.41) is 7.00. The van der Waals surface area contributed by atoms with Crippen molar-refractivity contribution in [3.05, 3.63) is 0 Å². The molecule has 3 N–H and O–H groups in total. The maximum atomic E-state index is 7.00. The molecule has 0 aromatic rings. The summed E-state index contributed by atoms with van der Waals surface area (Å²) in [4.78, 5) is 2.00. The summed E-state index contributed by atoms with van der Waals surface area (Å²) in [5.74, 6) is 0.